The summed E-state index contributed by atoms with van der Waals surface area (Å²) in [6.45, 7) is 26.3. The van der Waals surface area contributed by atoms with Crippen molar-refractivity contribution < 1.29 is 10.2 Å². The van der Waals surface area contributed by atoms with Crippen LogP contribution in [0.25, 0.3) is 84.6 Å². The molecule has 0 spiro atoms. The van der Waals surface area contributed by atoms with E-state index in [4.69, 9.17) is 19.9 Å². The fourth-order valence-corrected chi connectivity index (χ4v) is 12.8. The van der Waals surface area contributed by atoms with Crippen LogP contribution in [0.2, 0.25) is 0 Å². The van der Waals surface area contributed by atoms with E-state index in [1.165, 1.54) is 19.6 Å². The average Bonchev–Trinajstić information content (AvgIpc) is 3.90. The van der Waals surface area contributed by atoms with Crippen molar-refractivity contribution in [1.29, 1.82) is 0 Å². The van der Waals surface area contributed by atoms with E-state index in [1.54, 1.807) is 6.33 Å². The topological polar surface area (TPSA) is 92.0 Å². The molecular weight excluding hydrogens is 943 g/mol. The Balaban J connectivity index is 1.06. The molecule has 9 aromatic rings. The summed E-state index contributed by atoms with van der Waals surface area (Å²) in [7, 11) is 0. The van der Waals surface area contributed by atoms with E-state index in [2.05, 4.69) is 198 Å². The molecule has 8 heteroatoms. The van der Waals surface area contributed by atoms with Gasteiger partial charge in [0.05, 0.1) is 0 Å². The van der Waals surface area contributed by atoms with Crippen molar-refractivity contribution in [3.05, 3.63) is 144 Å². The van der Waals surface area contributed by atoms with Crippen molar-refractivity contribution in [2.24, 2.45) is 0 Å². The van der Waals surface area contributed by atoms with Gasteiger partial charge in [0.25, 0.3) is 0 Å². The number of hydrogen-bond donors (Lipinski definition) is 2. The molecule has 6 nitrogen and oxygen atoms in total. The molecule has 0 aliphatic carbocycles. The molecule has 0 saturated carbocycles. The van der Waals surface area contributed by atoms with Gasteiger partial charge in [-0.2, -0.15) is 0 Å². The van der Waals surface area contributed by atoms with Crippen LogP contribution in [0.15, 0.2) is 122 Å². The van der Waals surface area contributed by atoms with Gasteiger partial charge in [-0.25, -0.2) is 0 Å². The third-order valence-corrected chi connectivity index (χ3v) is 16.9. The predicted molar refractivity (Wildman–Crippen MR) is 277 cm³/mol. The van der Waals surface area contributed by atoms with Gasteiger partial charge in [-0.15, -0.1) is 0 Å². The third-order valence-electron chi connectivity index (χ3n) is 12.5. The summed E-state index contributed by atoms with van der Waals surface area (Å²) in [5.74, 6) is 0.671. The zero-order valence-electron chi connectivity index (χ0n) is 40.0. The van der Waals surface area contributed by atoms with Crippen LogP contribution in [0.3, 0.4) is 0 Å². The molecule has 0 atom stereocenters. The molecule has 0 aliphatic rings. The Morgan fingerprint density at radius 1 is 0.394 bits per heavy atom. The Bertz CT molecular complexity index is 3110. The van der Waals surface area contributed by atoms with Crippen molar-refractivity contribution in [1.82, 2.24) is 19.9 Å². The molecule has 0 fully saturated rings. The SMILES string of the molecule is CC(C)(C)c1cc(-c2nc3c(-c4cccc(-c5cc(-c6cccc(-c7cccc8[se]c(-c9cc(C(C)(C)C)cc(C(C)(C)C)c9O)nc78)c6)ncn5)c4)cccc3[se]2)c(O)c(C(C)(C)C)c1. The quantitative estimate of drug-likeness (QED) is 0.161. The van der Waals surface area contributed by atoms with E-state index in [0.717, 1.165) is 87.2 Å². The van der Waals surface area contributed by atoms with Gasteiger partial charge in [0, 0.05) is 0 Å². The Labute approximate surface area is 401 Å². The average molecular weight is 1000 g/mol. The Hall–Kier alpha value is -5.62. The van der Waals surface area contributed by atoms with Gasteiger partial charge in [-0.05, 0) is 0 Å². The summed E-state index contributed by atoms with van der Waals surface area (Å²) in [5, 5.41) is 23.5. The molecule has 6 aromatic carbocycles. The zero-order chi connectivity index (χ0) is 47.1. The van der Waals surface area contributed by atoms with E-state index >= 15 is 0 Å². The van der Waals surface area contributed by atoms with Crippen LogP contribution in [0.4, 0.5) is 0 Å². The number of aromatic hydroxyl groups is 2. The second kappa shape index (κ2) is 16.6. The van der Waals surface area contributed by atoms with Crippen LogP contribution in [0, 0.1) is 0 Å². The molecule has 0 unspecified atom stereocenters. The fraction of sp³-hybridized carbons (Fsp3) is 0.276. The second-order valence-corrected chi connectivity index (χ2v) is 26.0. The predicted octanol–water partition coefficient (Wildman–Crippen LogP) is 14.3. The molecule has 3 aromatic heterocycles. The normalized spacial score (nSPS) is 12.7. The van der Waals surface area contributed by atoms with E-state index in [9.17, 15) is 10.2 Å². The van der Waals surface area contributed by atoms with Crippen molar-refractivity contribution in [2.45, 2.75) is 105 Å². The molecule has 0 radical (unpaired) electrons. The number of nitrogens with zero attached hydrogens (tertiary/aromatic N) is 4. The molecule has 66 heavy (non-hydrogen) atoms. The summed E-state index contributed by atoms with van der Waals surface area (Å²) in [4.78, 5) is 20.2. The number of phenols is 2. The van der Waals surface area contributed by atoms with Gasteiger partial charge < -0.3 is 0 Å². The summed E-state index contributed by atoms with van der Waals surface area (Å²) in [6.07, 6.45) is 1.65. The first-order valence-corrected chi connectivity index (χ1v) is 26.1. The van der Waals surface area contributed by atoms with Crippen LogP contribution in [-0.2, 0) is 21.7 Å². The molecule has 2 N–H and O–H groups in total. The van der Waals surface area contributed by atoms with Gasteiger partial charge in [0.15, 0.2) is 0 Å². The van der Waals surface area contributed by atoms with Gasteiger partial charge in [-0.1, -0.05) is 0 Å². The number of hydrogen-bond acceptors (Lipinski definition) is 6. The first-order valence-electron chi connectivity index (χ1n) is 22.6. The molecule has 0 saturated heterocycles. The van der Waals surface area contributed by atoms with Gasteiger partial charge in [-0.3, -0.25) is 0 Å². The number of benzene rings is 6. The maximum absolute atomic E-state index is 11.7. The Morgan fingerprint density at radius 3 is 1.15 bits per heavy atom. The third kappa shape index (κ3) is 8.73. The van der Waals surface area contributed by atoms with E-state index in [1.807, 2.05) is 0 Å². The molecule has 3 heterocycles. The number of fused-ring (bicyclic) bond motifs is 2. The van der Waals surface area contributed by atoms with Crippen LogP contribution in [0.5, 0.6) is 11.5 Å². The number of rotatable bonds is 6. The molecular formula is C58H58N4O2Se2. The maximum atomic E-state index is 11.7. The van der Waals surface area contributed by atoms with Crippen molar-refractivity contribution >= 4 is 48.6 Å². The molecule has 334 valence electrons. The van der Waals surface area contributed by atoms with E-state index in [0.29, 0.717) is 11.5 Å². The van der Waals surface area contributed by atoms with Crippen molar-refractivity contribution in [2.75, 3.05) is 0 Å². The van der Waals surface area contributed by atoms with Crippen molar-refractivity contribution in [3.63, 3.8) is 0 Å². The van der Waals surface area contributed by atoms with Crippen LogP contribution in [0.1, 0.15) is 105 Å². The van der Waals surface area contributed by atoms with Crippen LogP contribution >= 0.6 is 0 Å². The van der Waals surface area contributed by atoms with Gasteiger partial charge in [0.1, 0.15) is 0 Å². The fourth-order valence-electron chi connectivity index (χ4n) is 8.56. The minimum atomic E-state index is -0.222. The Morgan fingerprint density at radius 2 is 0.773 bits per heavy atom. The van der Waals surface area contributed by atoms with Gasteiger partial charge >= 0.3 is 404 Å². The van der Waals surface area contributed by atoms with Crippen LogP contribution in [-0.4, -0.2) is 59.2 Å². The van der Waals surface area contributed by atoms with E-state index < -0.39 is 0 Å². The standard InChI is InChI=1S/C58H58N4O2Se2/c1-55(2,3)37-27-41(51(63)43(29-37)57(7,8)9)53-61-49-39(21-15-23-47(49)65-53)33-17-13-19-35(25-33)45-31-46(60-32-59-45)36-20-14-18-34(26-36)40-22-16-24-48-50(40)62-54(66-48)42-28-38(56(4,5)6)30-44(52(42)64)58(10,11)12/h13-32,63-64H,1-12H3. The second-order valence-electron chi connectivity index (χ2n) is 21.6. The summed E-state index contributed by atoms with van der Waals surface area (Å²) >= 11 is -0.149. The monoisotopic (exact) mass is 1000 g/mol. The zero-order valence-corrected chi connectivity index (χ0v) is 43.5. The minimum absolute atomic E-state index is 0.0747. The summed E-state index contributed by atoms with van der Waals surface area (Å²) in [6, 6.07) is 40.6. The number of phenolic OH excluding ortho intramolecular Hbond substituents is 2. The van der Waals surface area contributed by atoms with Crippen molar-refractivity contribution in [3.8, 4) is 76.5 Å². The summed E-state index contributed by atoms with van der Waals surface area (Å²) < 4.78 is 4.31. The molecule has 0 amide bonds. The molecule has 0 aliphatic heterocycles. The van der Waals surface area contributed by atoms with Crippen LogP contribution < -0.4 is 0 Å². The first-order chi connectivity index (χ1) is 31.0. The van der Waals surface area contributed by atoms with E-state index in [-0.39, 0.29) is 50.7 Å². The number of aromatic nitrogens is 4. The van der Waals surface area contributed by atoms with Gasteiger partial charge in [0.2, 0.25) is 0 Å². The molecule has 0 bridgehead atoms. The number of para-hydroxylation sites is 2. The molecule has 9 rings (SSSR count). The first kappa shape index (κ1) is 45.5. The Kier molecular flexibility index (Phi) is 11.5. The summed E-state index contributed by atoms with van der Waals surface area (Å²) in [5.41, 5.74) is 15.2.